The normalized spacial score (nSPS) is 18.7. The van der Waals surface area contributed by atoms with E-state index in [4.69, 9.17) is 25.1 Å². The number of Topliss-reactive ketones (excluding diaryl/α,β-unsaturated/α-hetero) is 1. The molecular formula is C25H25N5O6. The van der Waals surface area contributed by atoms with E-state index >= 15 is 0 Å². The number of aromatic nitrogens is 3. The molecule has 0 saturated heterocycles. The summed E-state index contributed by atoms with van der Waals surface area (Å²) in [6.07, 6.45) is 0.894. The highest BCUT2D eigenvalue weighted by Crippen LogP contribution is 2.45. The van der Waals surface area contributed by atoms with Crippen LogP contribution in [0.1, 0.15) is 35.9 Å². The van der Waals surface area contributed by atoms with Gasteiger partial charge in [0.25, 0.3) is 0 Å². The minimum atomic E-state index is -1.06. The van der Waals surface area contributed by atoms with Gasteiger partial charge in [0, 0.05) is 17.7 Å². The Hall–Kier alpha value is -4.54. The van der Waals surface area contributed by atoms with Crippen LogP contribution in [0.5, 0.6) is 17.2 Å². The van der Waals surface area contributed by atoms with Gasteiger partial charge in [0.2, 0.25) is 11.9 Å². The monoisotopic (exact) mass is 491 g/mol. The lowest BCUT2D eigenvalue weighted by molar-refractivity contribution is -0.139. The van der Waals surface area contributed by atoms with Crippen molar-refractivity contribution in [1.29, 1.82) is 0 Å². The SMILES string of the molecule is COc1ccc([C@@H]2CC(=O)C3=C(C2)Nc2nc(N)nn2[C@H]3c2ccc(OCC(=O)O)cc2)cc1OC. The average Bonchev–Trinajstić information content (AvgIpc) is 3.25. The van der Waals surface area contributed by atoms with E-state index in [0.29, 0.717) is 41.6 Å². The van der Waals surface area contributed by atoms with Crippen LogP contribution in [0, 0.1) is 0 Å². The van der Waals surface area contributed by atoms with Gasteiger partial charge in [-0.3, -0.25) is 4.79 Å². The van der Waals surface area contributed by atoms with Gasteiger partial charge in [-0.25, -0.2) is 9.48 Å². The van der Waals surface area contributed by atoms with Crippen LogP contribution in [-0.4, -0.2) is 52.5 Å². The quantitative estimate of drug-likeness (QED) is 0.450. The highest BCUT2D eigenvalue weighted by atomic mass is 16.5. The van der Waals surface area contributed by atoms with Crippen LogP contribution in [0.2, 0.25) is 0 Å². The zero-order valence-electron chi connectivity index (χ0n) is 19.7. The molecule has 11 nitrogen and oxygen atoms in total. The molecule has 0 bridgehead atoms. The number of nitrogen functional groups attached to an aromatic ring is 1. The Morgan fingerprint density at radius 2 is 1.83 bits per heavy atom. The van der Waals surface area contributed by atoms with Gasteiger partial charge in [0.05, 0.1) is 14.2 Å². The van der Waals surface area contributed by atoms with Crippen molar-refractivity contribution >= 4 is 23.6 Å². The summed E-state index contributed by atoms with van der Waals surface area (Å²) in [5, 5.41) is 16.4. The largest absolute Gasteiger partial charge is 0.493 e. The molecule has 2 aliphatic rings. The van der Waals surface area contributed by atoms with Crippen molar-refractivity contribution in [2.24, 2.45) is 0 Å². The van der Waals surface area contributed by atoms with E-state index in [0.717, 1.165) is 16.8 Å². The Morgan fingerprint density at radius 3 is 2.53 bits per heavy atom. The van der Waals surface area contributed by atoms with E-state index < -0.39 is 18.6 Å². The van der Waals surface area contributed by atoms with Crippen LogP contribution in [0.3, 0.4) is 0 Å². The number of benzene rings is 2. The Labute approximate surface area is 206 Å². The predicted molar refractivity (Wildman–Crippen MR) is 129 cm³/mol. The molecule has 186 valence electrons. The first-order valence-corrected chi connectivity index (χ1v) is 11.3. The second-order valence-corrected chi connectivity index (χ2v) is 8.55. The molecule has 0 amide bonds. The third-order valence-corrected chi connectivity index (χ3v) is 6.37. The standard InChI is InChI=1S/C25H25N5O6/c1-34-19-8-5-14(11-20(19)35-2)15-9-17-22(18(31)10-15)23(30-25(27-17)28-24(26)29-30)13-3-6-16(7-4-13)36-12-21(32)33/h3-8,11,15,23H,9-10,12H2,1-2H3,(H,32,33)(H3,26,27,28,29)/t15-,23-/m0/s1. The second kappa shape index (κ2) is 9.25. The van der Waals surface area contributed by atoms with Gasteiger partial charge in [-0.2, -0.15) is 4.98 Å². The summed E-state index contributed by atoms with van der Waals surface area (Å²) in [4.78, 5) is 28.7. The number of hydrogen-bond donors (Lipinski definition) is 3. The molecule has 2 aromatic carbocycles. The molecule has 3 aromatic rings. The molecule has 5 rings (SSSR count). The number of allylic oxidation sites excluding steroid dienone is 2. The van der Waals surface area contributed by atoms with E-state index in [1.54, 1.807) is 43.2 Å². The molecule has 0 unspecified atom stereocenters. The van der Waals surface area contributed by atoms with Crippen molar-refractivity contribution in [2.45, 2.75) is 24.8 Å². The number of ether oxygens (including phenoxy) is 3. The zero-order valence-corrected chi connectivity index (χ0v) is 19.7. The zero-order chi connectivity index (χ0) is 25.4. The third kappa shape index (κ3) is 4.19. The summed E-state index contributed by atoms with van der Waals surface area (Å²) in [6, 6.07) is 12.1. The number of carbonyl (C=O) groups excluding carboxylic acids is 1. The van der Waals surface area contributed by atoms with Crippen molar-refractivity contribution in [3.05, 3.63) is 64.9 Å². The lowest BCUT2D eigenvalue weighted by atomic mass is 9.78. The molecule has 1 aromatic heterocycles. The number of carboxylic acid groups (broad SMARTS) is 1. The molecule has 36 heavy (non-hydrogen) atoms. The summed E-state index contributed by atoms with van der Waals surface area (Å²) in [5.41, 5.74) is 9.01. The Morgan fingerprint density at radius 1 is 1.11 bits per heavy atom. The molecular weight excluding hydrogens is 466 g/mol. The number of anilines is 2. The number of nitrogens with one attached hydrogen (secondary N) is 1. The molecule has 0 fully saturated rings. The lowest BCUT2D eigenvalue weighted by Gasteiger charge is -2.35. The number of rotatable bonds is 7. The number of nitrogens with zero attached hydrogens (tertiary/aromatic N) is 3. The van der Waals surface area contributed by atoms with Crippen LogP contribution in [0.15, 0.2) is 53.7 Å². The van der Waals surface area contributed by atoms with Crippen molar-refractivity contribution < 1.29 is 28.9 Å². The fourth-order valence-electron chi connectivity index (χ4n) is 4.77. The number of aliphatic carboxylic acids is 1. The van der Waals surface area contributed by atoms with Crippen molar-refractivity contribution in [2.75, 3.05) is 31.9 Å². The van der Waals surface area contributed by atoms with Gasteiger partial charge in [0.15, 0.2) is 23.9 Å². The molecule has 1 aliphatic heterocycles. The van der Waals surface area contributed by atoms with Crippen LogP contribution in [0.25, 0.3) is 0 Å². The Bertz CT molecular complexity index is 1360. The highest BCUT2D eigenvalue weighted by Gasteiger charge is 2.39. The van der Waals surface area contributed by atoms with Crippen molar-refractivity contribution in [3.8, 4) is 17.2 Å². The smallest absolute Gasteiger partial charge is 0.341 e. The summed E-state index contributed by atoms with van der Waals surface area (Å²) in [6.45, 7) is -0.443. The third-order valence-electron chi connectivity index (χ3n) is 6.37. The van der Waals surface area contributed by atoms with Gasteiger partial charge in [-0.05, 0) is 47.7 Å². The molecule has 11 heteroatoms. The minimum absolute atomic E-state index is 0.0144. The number of nitrogens with two attached hydrogens (primary N) is 1. The lowest BCUT2D eigenvalue weighted by Crippen LogP contribution is -2.33. The van der Waals surface area contributed by atoms with E-state index in [-0.39, 0.29) is 17.6 Å². The highest BCUT2D eigenvalue weighted by molar-refractivity contribution is 6.00. The number of carboxylic acids is 1. The van der Waals surface area contributed by atoms with Crippen LogP contribution in [0.4, 0.5) is 11.9 Å². The van der Waals surface area contributed by atoms with Gasteiger partial charge in [-0.15, -0.1) is 5.10 Å². The maximum atomic E-state index is 13.6. The number of hydrogen-bond acceptors (Lipinski definition) is 9. The molecule has 0 saturated carbocycles. The van der Waals surface area contributed by atoms with Gasteiger partial charge >= 0.3 is 5.97 Å². The molecule has 2 atom stereocenters. The van der Waals surface area contributed by atoms with Crippen LogP contribution >= 0.6 is 0 Å². The second-order valence-electron chi connectivity index (χ2n) is 8.55. The van der Waals surface area contributed by atoms with Crippen molar-refractivity contribution in [3.63, 3.8) is 0 Å². The summed E-state index contributed by atoms with van der Waals surface area (Å²) < 4.78 is 17.6. The summed E-state index contributed by atoms with van der Waals surface area (Å²) >= 11 is 0. The first-order chi connectivity index (χ1) is 17.4. The van der Waals surface area contributed by atoms with Gasteiger partial charge in [0.1, 0.15) is 11.8 Å². The van der Waals surface area contributed by atoms with Crippen LogP contribution in [-0.2, 0) is 9.59 Å². The molecule has 0 spiro atoms. The summed E-state index contributed by atoms with van der Waals surface area (Å²) in [5.74, 6) is 1.03. The van der Waals surface area contributed by atoms with E-state index in [2.05, 4.69) is 15.4 Å². The van der Waals surface area contributed by atoms with Crippen molar-refractivity contribution in [1.82, 2.24) is 14.8 Å². The average molecular weight is 492 g/mol. The molecule has 2 heterocycles. The Kier molecular flexibility index (Phi) is 5.96. The first-order valence-electron chi connectivity index (χ1n) is 11.3. The molecule has 4 N–H and O–H groups in total. The van der Waals surface area contributed by atoms with Crippen LogP contribution < -0.4 is 25.3 Å². The fraction of sp³-hybridized carbons (Fsp3) is 0.280. The van der Waals surface area contributed by atoms with E-state index in [1.807, 2.05) is 18.2 Å². The van der Waals surface area contributed by atoms with E-state index in [1.165, 1.54) is 0 Å². The number of ketones is 1. The molecule has 1 aliphatic carbocycles. The number of methoxy groups -OCH3 is 2. The van der Waals surface area contributed by atoms with E-state index in [9.17, 15) is 9.59 Å². The van der Waals surface area contributed by atoms with Gasteiger partial charge < -0.3 is 30.4 Å². The summed E-state index contributed by atoms with van der Waals surface area (Å²) in [7, 11) is 3.16. The number of carbonyl (C=O) groups is 2. The number of fused-ring (bicyclic) bond motifs is 1. The minimum Gasteiger partial charge on any atom is -0.493 e. The topological polar surface area (TPSA) is 151 Å². The first kappa shape index (κ1) is 23.2. The maximum Gasteiger partial charge on any atom is 0.341 e. The molecule has 0 radical (unpaired) electrons. The fourth-order valence-corrected chi connectivity index (χ4v) is 4.77. The van der Waals surface area contributed by atoms with Gasteiger partial charge in [-0.1, -0.05) is 18.2 Å². The maximum absolute atomic E-state index is 13.6. The predicted octanol–water partition coefficient (Wildman–Crippen LogP) is 2.76. The Balaban J connectivity index is 1.50.